The minimum atomic E-state index is -0.336. The third-order valence-corrected chi connectivity index (χ3v) is 3.19. The predicted molar refractivity (Wildman–Crippen MR) is 71.9 cm³/mol. The normalized spacial score (nSPS) is 14.4. The van der Waals surface area contributed by atoms with Gasteiger partial charge in [0.1, 0.15) is 5.82 Å². The molecule has 0 saturated heterocycles. The van der Waals surface area contributed by atoms with Crippen molar-refractivity contribution in [2.75, 3.05) is 11.1 Å². The molecule has 0 unspecified atom stereocenters. The Labute approximate surface area is 110 Å². The lowest BCUT2D eigenvalue weighted by Crippen LogP contribution is -2.15. The highest BCUT2D eigenvalue weighted by Gasteiger charge is 2.30. The van der Waals surface area contributed by atoms with Gasteiger partial charge in [-0.2, -0.15) is 5.10 Å². The van der Waals surface area contributed by atoms with E-state index in [2.05, 4.69) is 20.5 Å². The monoisotopic (exact) mass is 257 g/mol. The van der Waals surface area contributed by atoms with Crippen molar-refractivity contribution in [1.29, 1.82) is 0 Å². The van der Waals surface area contributed by atoms with Crippen LogP contribution in [0.5, 0.6) is 0 Å². The lowest BCUT2D eigenvalue weighted by molar-refractivity contribution is 0.102. The highest BCUT2D eigenvalue weighted by Crippen LogP contribution is 2.42. The quantitative estimate of drug-likeness (QED) is 0.781. The van der Waals surface area contributed by atoms with Crippen LogP contribution in [0.4, 0.5) is 11.5 Å². The molecule has 0 atom stereocenters. The number of aromatic nitrogens is 3. The first kappa shape index (κ1) is 11.7. The highest BCUT2D eigenvalue weighted by atomic mass is 16.2. The molecule has 2 heterocycles. The standard InChI is InChI=1S/C13H15N5O/c1-7-2-5-9(15-6-7)16-13(19)12-10(14)11(17-18-12)8-3-4-8/h2,5-6,8H,3-4,14H2,1H3,(H,17,18)(H,15,16,19). The molecule has 1 saturated carbocycles. The van der Waals surface area contributed by atoms with Crippen LogP contribution >= 0.6 is 0 Å². The zero-order valence-corrected chi connectivity index (χ0v) is 10.6. The molecule has 1 fully saturated rings. The SMILES string of the molecule is Cc1ccc(NC(=O)c2n[nH]c(C3CC3)c2N)nc1. The molecule has 1 aliphatic rings. The van der Waals surface area contributed by atoms with E-state index in [9.17, 15) is 4.79 Å². The Bertz CT molecular complexity index is 612. The molecule has 1 aliphatic carbocycles. The van der Waals surface area contributed by atoms with Crippen LogP contribution in [0, 0.1) is 6.92 Å². The average molecular weight is 257 g/mol. The molecule has 6 heteroatoms. The van der Waals surface area contributed by atoms with E-state index < -0.39 is 0 Å². The van der Waals surface area contributed by atoms with Crippen molar-refractivity contribution in [1.82, 2.24) is 15.2 Å². The van der Waals surface area contributed by atoms with E-state index in [1.54, 1.807) is 12.3 Å². The van der Waals surface area contributed by atoms with E-state index in [1.807, 2.05) is 13.0 Å². The summed E-state index contributed by atoms with van der Waals surface area (Å²) in [4.78, 5) is 16.2. The number of H-pyrrole nitrogens is 1. The summed E-state index contributed by atoms with van der Waals surface area (Å²) in [7, 11) is 0. The second kappa shape index (κ2) is 4.38. The molecule has 4 N–H and O–H groups in total. The van der Waals surface area contributed by atoms with Crippen LogP contribution in [-0.4, -0.2) is 21.1 Å². The molecule has 6 nitrogen and oxygen atoms in total. The van der Waals surface area contributed by atoms with Gasteiger partial charge in [-0.15, -0.1) is 0 Å². The number of aryl methyl sites for hydroxylation is 1. The topological polar surface area (TPSA) is 96.7 Å². The van der Waals surface area contributed by atoms with Crippen molar-refractivity contribution >= 4 is 17.4 Å². The maximum absolute atomic E-state index is 12.1. The molecule has 2 aromatic rings. The minimum absolute atomic E-state index is 0.240. The summed E-state index contributed by atoms with van der Waals surface area (Å²) in [5.74, 6) is 0.592. The van der Waals surface area contributed by atoms with Crippen molar-refractivity contribution in [3.8, 4) is 0 Å². The summed E-state index contributed by atoms with van der Waals surface area (Å²) in [5.41, 5.74) is 8.55. The lowest BCUT2D eigenvalue weighted by Gasteiger charge is -2.03. The number of anilines is 2. The van der Waals surface area contributed by atoms with Crippen molar-refractivity contribution in [3.05, 3.63) is 35.3 Å². The first-order chi connectivity index (χ1) is 9.15. The molecule has 2 aromatic heterocycles. The Morgan fingerprint density at radius 3 is 2.89 bits per heavy atom. The van der Waals surface area contributed by atoms with Gasteiger partial charge in [-0.1, -0.05) is 6.07 Å². The second-order valence-electron chi connectivity index (χ2n) is 4.85. The largest absolute Gasteiger partial charge is 0.395 e. The molecule has 0 aliphatic heterocycles. The minimum Gasteiger partial charge on any atom is -0.395 e. The predicted octanol–water partition coefficient (Wildman–Crippen LogP) is 1.83. The van der Waals surface area contributed by atoms with Crippen LogP contribution in [0.1, 0.15) is 40.5 Å². The maximum Gasteiger partial charge on any atom is 0.279 e. The third kappa shape index (κ3) is 2.29. The van der Waals surface area contributed by atoms with E-state index in [0.29, 0.717) is 17.4 Å². The molecular formula is C13H15N5O. The fraction of sp³-hybridized carbons (Fsp3) is 0.308. The van der Waals surface area contributed by atoms with E-state index in [1.165, 1.54) is 0 Å². The van der Waals surface area contributed by atoms with Gasteiger partial charge in [0, 0.05) is 12.1 Å². The Morgan fingerprint density at radius 2 is 2.26 bits per heavy atom. The summed E-state index contributed by atoms with van der Waals surface area (Å²) in [6.07, 6.45) is 3.90. The van der Waals surface area contributed by atoms with Crippen molar-refractivity contribution < 1.29 is 4.79 Å². The Hall–Kier alpha value is -2.37. The number of nitrogen functional groups attached to an aromatic ring is 1. The van der Waals surface area contributed by atoms with Gasteiger partial charge >= 0.3 is 0 Å². The van der Waals surface area contributed by atoms with Crippen LogP contribution in [0.3, 0.4) is 0 Å². The number of aromatic amines is 1. The molecule has 0 spiro atoms. The first-order valence-corrected chi connectivity index (χ1v) is 6.23. The van der Waals surface area contributed by atoms with E-state index in [0.717, 1.165) is 24.1 Å². The molecule has 19 heavy (non-hydrogen) atoms. The number of hydrogen-bond donors (Lipinski definition) is 3. The summed E-state index contributed by atoms with van der Waals surface area (Å²) < 4.78 is 0. The molecule has 98 valence electrons. The third-order valence-electron chi connectivity index (χ3n) is 3.19. The molecular weight excluding hydrogens is 242 g/mol. The number of nitrogens with zero attached hydrogens (tertiary/aromatic N) is 2. The van der Waals surface area contributed by atoms with Crippen LogP contribution in [-0.2, 0) is 0 Å². The average Bonchev–Trinajstić information content (AvgIpc) is 3.15. The lowest BCUT2D eigenvalue weighted by atomic mass is 10.2. The Morgan fingerprint density at radius 1 is 1.47 bits per heavy atom. The van der Waals surface area contributed by atoms with Gasteiger partial charge < -0.3 is 11.1 Å². The van der Waals surface area contributed by atoms with E-state index in [4.69, 9.17) is 5.73 Å². The molecule has 0 aromatic carbocycles. The fourth-order valence-electron chi connectivity index (χ4n) is 1.94. The second-order valence-corrected chi connectivity index (χ2v) is 4.85. The van der Waals surface area contributed by atoms with Crippen LogP contribution in [0.25, 0.3) is 0 Å². The molecule has 1 amide bonds. The molecule has 0 bridgehead atoms. The van der Waals surface area contributed by atoms with Gasteiger partial charge in [0.25, 0.3) is 5.91 Å². The van der Waals surface area contributed by atoms with E-state index >= 15 is 0 Å². The van der Waals surface area contributed by atoms with Gasteiger partial charge in [0.15, 0.2) is 5.69 Å². The van der Waals surface area contributed by atoms with Gasteiger partial charge in [0.05, 0.1) is 11.4 Å². The first-order valence-electron chi connectivity index (χ1n) is 6.23. The highest BCUT2D eigenvalue weighted by molar-refractivity contribution is 6.06. The summed E-state index contributed by atoms with van der Waals surface area (Å²) in [6, 6.07) is 3.63. The van der Waals surface area contributed by atoms with E-state index in [-0.39, 0.29) is 11.6 Å². The van der Waals surface area contributed by atoms with Crippen molar-refractivity contribution in [2.24, 2.45) is 0 Å². The number of pyridine rings is 1. The number of nitrogens with two attached hydrogens (primary N) is 1. The number of carbonyl (C=O) groups is 1. The van der Waals surface area contributed by atoms with Crippen molar-refractivity contribution in [2.45, 2.75) is 25.7 Å². The maximum atomic E-state index is 12.1. The molecule has 3 rings (SSSR count). The summed E-state index contributed by atoms with van der Waals surface area (Å²) in [5, 5.41) is 9.54. The number of carbonyl (C=O) groups excluding carboxylic acids is 1. The Balaban J connectivity index is 1.78. The zero-order valence-electron chi connectivity index (χ0n) is 10.6. The Kier molecular flexibility index (Phi) is 2.70. The van der Waals surface area contributed by atoms with Gasteiger partial charge in [0.2, 0.25) is 0 Å². The number of rotatable bonds is 3. The van der Waals surface area contributed by atoms with Gasteiger partial charge in [-0.3, -0.25) is 9.89 Å². The fourth-order valence-corrected chi connectivity index (χ4v) is 1.94. The van der Waals surface area contributed by atoms with Gasteiger partial charge in [-0.05, 0) is 31.4 Å². The van der Waals surface area contributed by atoms with Crippen molar-refractivity contribution in [3.63, 3.8) is 0 Å². The van der Waals surface area contributed by atoms with Gasteiger partial charge in [-0.25, -0.2) is 4.98 Å². The number of hydrogen-bond acceptors (Lipinski definition) is 4. The summed E-state index contributed by atoms with van der Waals surface area (Å²) in [6.45, 7) is 1.94. The smallest absolute Gasteiger partial charge is 0.279 e. The summed E-state index contributed by atoms with van der Waals surface area (Å²) >= 11 is 0. The number of nitrogens with one attached hydrogen (secondary N) is 2. The van der Waals surface area contributed by atoms with Crippen LogP contribution < -0.4 is 11.1 Å². The van der Waals surface area contributed by atoms with Crippen LogP contribution in [0.15, 0.2) is 18.3 Å². The molecule has 0 radical (unpaired) electrons. The zero-order chi connectivity index (χ0) is 13.4. The number of amides is 1. The van der Waals surface area contributed by atoms with Crippen LogP contribution in [0.2, 0.25) is 0 Å².